The number of carbonyl (C=O) groups excluding carboxylic acids is 3. The largest absolute Gasteiger partial charge is 0.396 e. The second-order valence-electron chi connectivity index (χ2n) is 8.62. The molecule has 2 unspecified atom stereocenters. The number of nitrogens with zero attached hydrogens (tertiary/aromatic N) is 2. The minimum atomic E-state index is -1.32. The molecule has 2 aromatic carbocycles. The minimum absolute atomic E-state index is 0.0570. The van der Waals surface area contributed by atoms with Crippen LogP contribution in [-0.4, -0.2) is 53.6 Å². The average Bonchev–Trinajstić information content (AvgIpc) is 3.57. The van der Waals surface area contributed by atoms with Crippen molar-refractivity contribution in [2.24, 2.45) is 5.92 Å². The van der Waals surface area contributed by atoms with Crippen molar-refractivity contribution >= 4 is 46.5 Å². The summed E-state index contributed by atoms with van der Waals surface area (Å²) in [5, 5.41) is 15.5. The van der Waals surface area contributed by atoms with E-state index in [1.165, 1.54) is 29.0 Å². The van der Waals surface area contributed by atoms with Crippen LogP contribution in [0.5, 0.6) is 0 Å². The second-order valence-corrected chi connectivity index (χ2v) is 9.06. The molecule has 0 aromatic heterocycles. The summed E-state index contributed by atoms with van der Waals surface area (Å²) in [5.41, 5.74) is -0.451. The highest BCUT2D eigenvalue weighted by Crippen LogP contribution is 2.49. The molecule has 34 heavy (non-hydrogen) atoms. The number of hydrogen-bond acceptors (Lipinski definition) is 4. The van der Waals surface area contributed by atoms with Crippen LogP contribution < -0.4 is 15.5 Å². The lowest BCUT2D eigenvalue weighted by atomic mass is 10.1. The quantitative estimate of drug-likeness (QED) is 0.574. The highest BCUT2D eigenvalue weighted by molar-refractivity contribution is 6.30. The van der Waals surface area contributed by atoms with Gasteiger partial charge in [0, 0.05) is 48.9 Å². The molecule has 1 aliphatic heterocycles. The Kier molecular flexibility index (Phi) is 6.77. The molecule has 8 nitrogen and oxygen atoms in total. The number of hydrogen-bond donors (Lipinski definition) is 3. The molecule has 0 spiro atoms. The van der Waals surface area contributed by atoms with E-state index in [0.29, 0.717) is 29.4 Å². The molecular formula is C24H26ClFN4O4. The number of nitrogens with one attached hydrogen (secondary N) is 2. The Hall–Kier alpha value is -3.17. The van der Waals surface area contributed by atoms with Crippen LogP contribution >= 0.6 is 11.6 Å². The number of carbonyl (C=O) groups is 3. The summed E-state index contributed by atoms with van der Waals surface area (Å²) >= 11 is 5.87. The smallest absolute Gasteiger partial charge is 0.322 e. The third kappa shape index (κ3) is 4.58. The Morgan fingerprint density at radius 3 is 2.56 bits per heavy atom. The van der Waals surface area contributed by atoms with Crippen molar-refractivity contribution in [3.63, 3.8) is 0 Å². The van der Waals surface area contributed by atoms with Crippen molar-refractivity contribution in [2.75, 3.05) is 35.7 Å². The molecule has 180 valence electrons. The van der Waals surface area contributed by atoms with Crippen LogP contribution in [0.1, 0.15) is 25.7 Å². The van der Waals surface area contributed by atoms with Gasteiger partial charge < -0.3 is 25.5 Å². The molecule has 1 heterocycles. The average molecular weight is 489 g/mol. The Labute approximate surface area is 201 Å². The zero-order valence-electron chi connectivity index (χ0n) is 18.7. The van der Waals surface area contributed by atoms with Gasteiger partial charge in [-0.3, -0.25) is 9.59 Å². The molecule has 4 rings (SSSR count). The first-order valence-corrected chi connectivity index (χ1v) is 11.5. The normalized spacial score (nSPS) is 21.7. The van der Waals surface area contributed by atoms with Gasteiger partial charge in [0.2, 0.25) is 5.91 Å². The number of anilines is 3. The number of amides is 4. The van der Waals surface area contributed by atoms with E-state index in [4.69, 9.17) is 11.6 Å². The summed E-state index contributed by atoms with van der Waals surface area (Å²) in [5.74, 6) is -1.82. The van der Waals surface area contributed by atoms with Crippen molar-refractivity contribution in [3.8, 4) is 0 Å². The highest BCUT2D eigenvalue weighted by atomic mass is 35.5. The molecular weight excluding hydrogens is 463 g/mol. The molecule has 1 aliphatic carbocycles. The number of rotatable bonds is 6. The molecule has 1 saturated carbocycles. The molecule has 1 saturated heterocycles. The van der Waals surface area contributed by atoms with E-state index in [2.05, 4.69) is 10.6 Å². The zero-order valence-corrected chi connectivity index (χ0v) is 19.4. The maximum absolute atomic E-state index is 14.9. The number of likely N-dealkylation sites (N-methyl/N-ethyl adjacent to an activating group) is 1. The minimum Gasteiger partial charge on any atom is -0.396 e. The number of aliphatic hydroxyl groups is 1. The fraction of sp³-hybridized carbons (Fsp3) is 0.375. The number of aliphatic hydroxyl groups excluding tert-OH is 1. The van der Waals surface area contributed by atoms with Gasteiger partial charge >= 0.3 is 6.03 Å². The summed E-state index contributed by atoms with van der Waals surface area (Å²) < 4.78 is 14.9. The second kappa shape index (κ2) is 9.60. The van der Waals surface area contributed by atoms with Gasteiger partial charge in [-0.2, -0.15) is 0 Å². The van der Waals surface area contributed by atoms with E-state index in [1.54, 1.807) is 30.3 Å². The summed E-state index contributed by atoms with van der Waals surface area (Å²) in [6, 6.07) is 10.2. The van der Waals surface area contributed by atoms with Crippen LogP contribution in [0.15, 0.2) is 42.5 Å². The standard InChI is InChI=1S/C24H26ClFN4O4/c1-29(23(34)27-17-7-5-16(25)6-8-17)24(13-15(24)14-31)22(33)28-20-10-9-18(12-19(20)26)30-11-3-2-4-21(30)32/h5-10,12,15,31H,2-4,11,13-14H2,1H3,(H,27,34)(H,28,33). The van der Waals surface area contributed by atoms with Crippen molar-refractivity contribution in [1.29, 1.82) is 0 Å². The fourth-order valence-electron chi connectivity index (χ4n) is 4.38. The lowest BCUT2D eigenvalue weighted by molar-refractivity contribution is -0.122. The molecule has 2 atom stereocenters. The Balaban J connectivity index is 1.49. The van der Waals surface area contributed by atoms with Crippen LogP contribution in [-0.2, 0) is 9.59 Å². The van der Waals surface area contributed by atoms with Gasteiger partial charge in [-0.15, -0.1) is 0 Å². The van der Waals surface area contributed by atoms with Crippen molar-refractivity contribution in [1.82, 2.24) is 4.90 Å². The molecule has 3 N–H and O–H groups in total. The number of benzene rings is 2. The van der Waals surface area contributed by atoms with Crippen LogP contribution in [0.4, 0.5) is 26.2 Å². The van der Waals surface area contributed by atoms with Crippen LogP contribution in [0.3, 0.4) is 0 Å². The Morgan fingerprint density at radius 1 is 1.21 bits per heavy atom. The van der Waals surface area contributed by atoms with E-state index in [9.17, 15) is 23.9 Å². The van der Waals surface area contributed by atoms with Gasteiger partial charge in [-0.25, -0.2) is 9.18 Å². The third-order valence-electron chi connectivity index (χ3n) is 6.52. The number of piperidine rings is 1. The molecule has 10 heteroatoms. The van der Waals surface area contributed by atoms with E-state index in [1.807, 2.05) is 0 Å². The predicted molar refractivity (Wildman–Crippen MR) is 127 cm³/mol. The maximum Gasteiger partial charge on any atom is 0.322 e. The van der Waals surface area contributed by atoms with Gasteiger partial charge in [-0.05, 0) is 61.7 Å². The van der Waals surface area contributed by atoms with Crippen LogP contribution in [0.2, 0.25) is 5.02 Å². The van der Waals surface area contributed by atoms with E-state index >= 15 is 0 Å². The topological polar surface area (TPSA) is 102 Å². The molecule has 0 radical (unpaired) electrons. The summed E-state index contributed by atoms with van der Waals surface area (Å²) in [4.78, 5) is 40.9. The third-order valence-corrected chi connectivity index (χ3v) is 6.77. The first-order valence-electron chi connectivity index (χ1n) is 11.1. The van der Waals surface area contributed by atoms with Gasteiger partial charge in [0.15, 0.2) is 0 Å². The molecule has 2 aromatic rings. The molecule has 0 bridgehead atoms. The molecule has 4 amide bonds. The monoisotopic (exact) mass is 488 g/mol. The number of halogens is 2. The first kappa shape index (κ1) is 24.0. The van der Waals surface area contributed by atoms with Gasteiger partial charge in [0.1, 0.15) is 11.4 Å². The Morgan fingerprint density at radius 2 is 1.94 bits per heavy atom. The van der Waals surface area contributed by atoms with Gasteiger partial charge in [0.25, 0.3) is 5.91 Å². The summed E-state index contributed by atoms with van der Waals surface area (Å²) in [7, 11) is 1.46. The van der Waals surface area contributed by atoms with Crippen molar-refractivity contribution in [3.05, 3.63) is 53.3 Å². The van der Waals surface area contributed by atoms with Crippen molar-refractivity contribution < 1.29 is 23.9 Å². The van der Waals surface area contributed by atoms with E-state index in [-0.39, 0.29) is 24.6 Å². The van der Waals surface area contributed by atoms with Crippen LogP contribution in [0, 0.1) is 11.7 Å². The van der Waals surface area contributed by atoms with Gasteiger partial charge in [0.05, 0.1) is 5.69 Å². The van der Waals surface area contributed by atoms with E-state index < -0.39 is 29.2 Å². The first-order chi connectivity index (χ1) is 16.3. The summed E-state index contributed by atoms with van der Waals surface area (Å²) in [6.07, 6.45) is 2.33. The Bertz CT molecular complexity index is 1110. The van der Waals surface area contributed by atoms with E-state index in [0.717, 1.165) is 12.8 Å². The number of urea groups is 1. The van der Waals surface area contributed by atoms with Crippen LogP contribution in [0.25, 0.3) is 0 Å². The zero-order chi connectivity index (χ0) is 24.5. The maximum atomic E-state index is 14.9. The lowest BCUT2D eigenvalue weighted by Gasteiger charge is -2.29. The predicted octanol–water partition coefficient (Wildman–Crippen LogP) is 3.85. The fourth-order valence-corrected chi connectivity index (χ4v) is 4.50. The highest BCUT2D eigenvalue weighted by Gasteiger charge is 2.64. The SMILES string of the molecule is CN(C(=O)Nc1ccc(Cl)cc1)C1(C(=O)Nc2ccc(N3CCCCC3=O)cc2F)CC1CO. The lowest BCUT2D eigenvalue weighted by Crippen LogP contribution is -2.50. The molecule has 2 fully saturated rings. The molecule has 2 aliphatic rings. The summed E-state index contributed by atoms with van der Waals surface area (Å²) in [6.45, 7) is 0.225. The van der Waals surface area contributed by atoms with Gasteiger partial charge in [-0.1, -0.05) is 11.6 Å². The van der Waals surface area contributed by atoms with Crippen molar-refractivity contribution in [2.45, 2.75) is 31.2 Å².